The van der Waals surface area contributed by atoms with Crippen molar-refractivity contribution in [3.05, 3.63) is 117 Å². The summed E-state index contributed by atoms with van der Waals surface area (Å²) in [5, 5.41) is 3.88. The summed E-state index contributed by atoms with van der Waals surface area (Å²) in [5.41, 5.74) is 7.44. The molecule has 1 amide bonds. The number of hydrogen-bond donors (Lipinski definition) is 2. The summed E-state index contributed by atoms with van der Waals surface area (Å²) < 4.78 is 1.94. The number of benzene rings is 2. The molecule has 3 heterocycles. The molecule has 7 nitrogen and oxygen atoms in total. The summed E-state index contributed by atoms with van der Waals surface area (Å²) in [6.07, 6.45) is 9.33. The Morgan fingerprint density at radius 1 is 0.972 bits per heavy atom. The van der Waals surface area contributed by atoms with Crippen molar-refractivity contribution >= 4 is 34.8 Å². The van der Waals surface area contributed by atoms with Gasteiger partial charge in [-0.3, -0.25) is 9.59 Å². The number of imidazole rings is 1. The van der Waals surface area contributed by atoms with E-state index in [0.29, 0.717) is 11.2 Å². The number of amides is 1. The molecule has 2 N–H and O–H groups in total. The van der Waals surface area contributed by atoms with Crippen molar-refractivity contribution in [2.75, 3.05) is 5.32 Å². The van der Waals surface area contributed by atoms with E-state index in [0.717, 1.165) is 44.7 Å². The molecule has 36 heavy (non-hydrogen) atoms. The molecular weight excluding hydrogens is 450 g/mol. The second-order valence-corrected chi connectivity index (χ2v) is 8.87. The smallest absolute Gasteiger partial charge is 0.255 e. The average molecular weight is 476 g/mol. The second kappa shape index (κ2) is 9.46. The van der Waals surface area contributed by atoms with E-state index in [2.05, 4.69) is 20.3 Å². The predicted molar refractivity (Wildman–Crippen MR) is 143 cm³/mol. The number of rotatable bonds is 5. The van der Waals surface area contributed by atoms with Crippen LogP contribution in [0.2, 0.25) is 0 Å². The van der Waals surface area contributed by atoms with Crippen LogP contribution in [0.5, 0.6) is 0 Å². The normalized spacial score (nSPS) is 11.3. The average Bonchev–Trinajstić information content (AvgIpc) is 3.29. The molecule has 0 atom stereocenters. The van der Waals surface area contributed by atoms with Gasteiger partial charge in [0.15, 0.2) is 0 Å². The number of aromatic amines is 1. The van der Waals surface area contributed by atoms with Gasteiger partial charge in [-0.1, -0.05) is 18.2 Å². The molecule has 0 saturated carbocycles. The lowest BCUT2D eigenvalue weighted by molar-refractivity contribution is 0.102. The third-order valence-electron chi connectivity index (χ3n) is 5.92. The van der Waals surface area contributed by atoms with Gasteiger partial charge >= 0.3 is 0 Å². The first-order valence-corrected chi connectivity index (χ1v) is 11.6. The quantitative estimate of drug-likeness (QED) is 0.353. The van der Waals surface area contributed by atoms with Crippen molar-refractivity contribution in [1.82, 2.24) is 19.5 Å². The van der Waals surface area contributed by atoms with E-state index in [1.165, 1.54) is 6.07 Å². The molecule has 178 valence electrons. The van der Waals surface area contributed by atoms with Crippen LogP contribution in [0.15, 0.2) is 78.1 Å². The molecule has 7 heteroatoms. The number of nitrogens with one attached hydrogen (secondary N) is 2. The Balaban J connectivity index is 1.37. The zero-order chi connectivity index (χ0) is 25.2. The van der Waals surface area contributed by atoms with Crippen LogP contribution < -0.4 is 10.9 Å². The Morgan fingerprint density at radius 2 is 1.83 bits per heavy atom. The minimum Gasteiger partial charge on any atom is -0.322 e. The molecule has 0 fully saturated rings. The van der Waals surface area contributed by atoms with E-state index in [1.54, 1.807) is 18.6 Å². The first kappa shape index (κ1) is 23.0. The van der Waals surface area contributed by atoms with Crippen molar-refractivity contribution in [3.63, 3.8) is 0 Å². The monoisotopic (exact) mass is 475 g/mol. The number of carbonyl (C=O) groups excluding carboxylic acids is 1. The summed E-state index contributed by atoms with van der Waals surface area (Å²) in [5.74, 6) is -0.181. The first-order chi connectivity index (χ1) is 17.3. The third-order valence-corrected chi connectivity index (χ3v) is 5.92. The fourth-order valence-corrected chi connectivity index (χ4v) is 4.04. The Morgan fingerprint density at radius 3 is 2.64 bits per heavy atom. The Hall–Kier alpha value is -4.78. The zero-order valence-electron chi connectivity index (χ0n) is 20.2. The molecule has 0 saturated heterocycles. The number of nitrogens with zero attached hydrogens (tertiary/aromatic N) is 3. The van der Waals surface area contributed by atoms with E-state index in [-0.39, 0.29) is 11.5 Å². The number of pyridine rings is 2. The van der Waals surface area contributed by atoms with Gasteiger partial charge in [-0.15, -0.1) is 0 Å². The highest BCUT2D eigenvalue weighted by molar-refractivity contribution is 6.05. The SMILES string of the molecule is Cc1cc(NC(=O)c2ccc(C)c(/C=C/c3cnc4[nH]c(=O)ccc4c3)c2)cc(-n2cnc(C)c2)c1. The van der Waals surface area contributed by atoms with Gasteiger partial charge in [-0.25, -0.2) is 9.97 Å². The van der Waals surface area contributed by atoms with Crippen LogP contribution in [-0.2, 0) is 0 Å². The molecule has 3 aromatic heterocycles. The molecule has 0 bridgehead atoms. The van der Waals surface area contributed by atoms with Gasteiger partial charge in [0.25, 0.3) is 5.91 Å². The fourth-order valence-electron chi connectivity index (χ4n) is 4.04. The lowest BCUT2D eigenvalue weighted by Crippen LogP contribution is -2.12. The molecule has 0 unspecified atom stereocenters. The highest BCUT2D eigenvalue weighted by Crippen LogP contribution is 2.21. The Kier molecular flexibility index (Phi) is 6.04. The number of hydrogen-bond acceptors (Lipinski definition) is 4. The molecule has 2 aromatic carbocycles. The maximum Gasteiger partial charge on any atom is 0.255 e. The molecule has 0 aliphatic heterocycles. The summed E-state index contributed by atoms with van der Waals surface area (Å²) in [4.78, 5) is 35.9. The second-order valence-electron chi connectivity index (χ2n) is 8.87. The number of anilines is 1. The molecule has 0 spiro atoms. The van der Waals surface area contributed by atoms with E-state index in [1.807, 2.05) is 86.2 Å². The van der Waals surface area contributed by atoms with Gasteiger partial charge in [0.2, 0.25) is 5.56 Å². The van der Waals surface area contributed by atoms with Crippen LogP contribution in [0.4, 0.5) is 5.69 Å². The van der Waals surface area contributed by atoms with Crippen LogP contribution >= 0.6 is 0 Å². The number of H-pyrrole nitrogens is 1. The molecule has 0 aliphatic carbocycles. The van der Waals surface area contributed by atoms with Crippen molar-refractivity contribution < 1.29 is 4.79 Å². The van der Waals surface area contributed by atoms with Crippen molar-refractivity contribution in [3.8, 4) is 5.69 Å². The van der Waals surface area contributed by atoms with Crippen molar-refractivity contribution in [2.24, 2.45) is 0 Å². The highest BCUT2D eigenvalue weighted by Gasteiger charge is 2.10. The molecule has 5 aromatic rings. The molecular formula is C29H25N5O2. The van der Waals surface area contributed by atoms with Crippen LogP contribution in [0, 0.1) is 20.8 Å². The Labute approximate surface area is 208 Å². The van der Waals surface area contributed by atoms with Crippen LogP contribution in [0.1, 0.15) is 38.3 Å². The number of fused-ring (bicyclic) bond motifs is 1. The maximum absolute atomic E-state index is 13.1. The number of aryl methyl sites for hydroxylation is 3. The predicted octanol–water partition coefficient (Wildman–Crippen LogP) is 5.46. The molecule has 0 radical (unpaired) electrons. The van der Waals surface area contributed by atoms with Gasteiger partial charge in [-0.2, -0.15) is 0 Å². The van der Waals surface area contributed by atoms with Gasteiger partial charge in [-0.05, 0) is 85.5 Å². The minimum atomic E-state index is -0.181. The van der Waals surface area contributed by atoms with Crippen molar-refractivity contribution in [1.29, 1.82) is 0 Å². The zero-order valence-corrected chi connectivity index (χ0v) is 20.2. The highest BCUT2D eigenvalue weighted by atomic mass is 16.1. The first-order valence-electron chi connectivity index (χ1n) is 11.6. The van der Waals surface area contributed by atoms with Crippen LogP contribution in [-0.4, -0.2) is 25.4 Å². The van der Waals surface area contributed by atoms with Crippen LogP contribution in [0.3, 0.4) is 0 Å². The van der Waals surface area contributed by atoms with Crippen molar-refractivity contribution in [2.45, 2.75) is 20.8 Å². The van der Waals surface area contributed by atoms with E-state index in [9.17, 15) is 9.59 Å². The lowest BCUT2D eigenvalue weighted by atomic mass is 10.0. The largest absolute Gasteiger partial charge is 0.322 e. The summed E-state index contributed by atoms with van der Waals surface area (Å²) in [6, 6.07) is 16.8. The van der Waals surface area contributed by atoms with Gasteiger partial charge in [0.05, 0.1) is 12.0 Å². The lowest BCUT2D eigenvalue weighted by Gasteiger charge is -2.11. The van der Waals surface area contributed by atoms with E-state index >= 15 is 0 Å². The van der Waals surface area contributed by atoms with Gasteiger partial charge in [0, 0.05) is 40.8 Å². The van der Waals surface area contributed by atoms with E-state index in [4.69, 9.17) is 0 Å². The summed E-state index contributed by atoms with van der Waals surface area (Å²) >= 11 is 0. The maximum atomic E-state index is 13.1. The fraction of sp³-hybridized carbons (Fsp3) is 0.103. The van der Waals surface area contributed by atoms with Crippen LogP contribution in [0.25, 0.3) is 28.9 Å². The summed E-state index contributed by atoms with van der Waals surface area (Å²) in [6.45, 7) is 5.94. The Bertz CT molecular complexity index is 1690. The van der Waals surface area contributed by atoms with E-state index < -0.39 is 0 Å². The standard InChI is InChI=1S/C29H25N5O2/c1-18-10-25(14-26(11-18)34-16-20(3)31-17-34)32-29(36)24-6-4-19(2)22(13-24)7-5-21-12-23-8-9-27(35)33-28(23)30-15-21/h4-17H,1-3H3,(H,32,36)(H,30,33,35)/b7-5+. The molecule has 5 rings (SSSR count). The number of aromatic nitrogens is 4. The number of carbonyl (C=O) groups is 1. The molecule has 0 aliphatic rings. The third kappa shape index (κ3) is 5.00. The van der Waals surface area contributed by atoms with Gasteiger partial charge in [0.1, 0.15) is 5.65 Å². The topological polar surface area (TPSA) is 92.7 Å². The summed E-state index contributed by atoms with van der Waals surface area (Å²) in [7, 11) is 0. The minimum absolute atomic E-state index is 0.178. The van der Waals surface area contributed by atoms with Gasteiger partial charge < -0.3 is 14.9 Å².